The van der Waals surface area contributed by atoms with Gasteiger partial charge in [0.1, 0.15) is 5.75 Å². The lowest BCUT2D eigenvalue weighted by atomic mass is 9.94. The molecule has 0 saturated carbocycles. The maximum Gasteiger partial charge on any atom is 0.313 e. The number of fused-ring (bicyclic) bond motifs is 1. The first-order valence-electron chi connectivity index (χ1n) is 4.98. The molecule has 1 aliphatic rings. The molecule has 0 unspecified atom stereocenters. The van der Waals surface area contributed by atoms with Crippen LogP contribution in [-0.2, 0) is 4.79 Å². The van der Waals surface area contributed by atoms with Crippen molar-refractivity contribution in [3.05, 3.63) is 40.3 Å². The molecule has 0 saturated heterocycles. The molecule has 5 nitrogen and oxygen atoms in total. The Morgan fingerprint density at radius 1 is 1.28 bits per heavy atom. The predicted octanol–water partition coefficient (Wildman–Crippen LogP) is 1.47. The summed E-state index contributed by atoms with van der Waals surface area (Å²) >= 11 is 0.796. The van der Waals surface area contributed by atoms with Crippen LogP contribution in [-0.4, -0.2) is 33.5 Å². The van der Waals surface area contributed by atoms with Crippen LogP contribution >= 0.6 is 11.8 Å². The predicted molar refractivity (Wildman–Crippen MR) is 64.9 cm³/mol. The van der Waals surface area contributed by atoms with Crippen LogP contribution in [0.5, 0.6) is 5.75 Å². The minimum Gasteiger partial charge on any atom is -0.507 e. The molecule has 0 bridgehead atoms. The van der Waals surface area contributed by atoms with Gasteiger partial charge in [-0.1, -0.05) is 6.07 Å². The summed E-state index contributed by atoms with van der Waals surface area (Å²) < 4.78 is 0. The first kappa shape index (κ1) is 12.4. The van der Waals surface area contributed by atoms with Gasteiger partial charge in [0.15, 0.2) is 11.6 Å². The monoisotopic (exact) mass is 264 g/mol. The minimum atomic E-state index is -1.07. The van der Waals surface area contributed by atoms with Crippen LogP contribution in [0.4, 0.5) is 0 Å². The highest BCUT2D eigenvalue weighted by Crippen LogP contribution is 2.32. The minimum absolute atomic E-state index is 0.0258. The molecule has 0 spiro atoms. The zero-order valence-corrected chi connectivity index (χ0v) is 9.86. The standard InChI is InChI=1S/C12H8O5S/c13-7-3-1-2-6-11(7)8(14)4-9(12(6)17)18-5-10(15)16/h1-4,13H,5H2,(H,15,16). The van der Waals surface area contributed by atoms with E-state index in [1.54, 1.807) is 0 Å². The first-order valence-corrected chi connectivity index (χ1v) is 5.96. The molecule has 0 fully saturated rings. The van der Waals surface area contributed by atoms with E-state index in [2.05, 4.69) is 0 Å². The number of thioether (sulfide) groups is 1. The number of hydrogen-bond donors (Lipinski definition) is 2. The van der Waals surface area contributed by atoms with Gasteiger partial charge in [-0.25, -0.2) is 0 Å². The number of allylic oxidation sites excluding steroid dienone is 2. The van der Waals surface area contributed by atoms with Gasteiger partial charge in [-0.05, 0) is 12.1 Å². The Bertz CT molecular complexity index is 588. The van der Waals surface area contributed by atoms with Crippen molar-refractivity contribution >= 4 is 29.3 Å². The number of aliphatic carboxylic acids is 1. The lowest BCUT2D eigenvalue weighted by Gasteiger charge is -2.14. The highest BCUT2D eigenvalue weighted by atomic mass is 32.2. The molecule has 2 N–H and O–H groups in total. The molecule has 1 aliphatic carbocycles. The Hall–Kier alpha value is -2.08. The summed E-state index contributed by atoms with van der Waals surface area (Å²) in [7, 11) is 0. The van der Waals surface area contributed by atoms with Crippen molar-refractivity contribution in [3.63, 3.8) is 0 Å². The lowest BCUT2D eigenvalue weighted by Crippen LogP contribution is -2.16. The number of carbonyl (C=O) groups is 3. The number of phenolic OH excluding ortho intramolecular Hbond substituents is 1. The molecule has 0 heterocycles. The van der Waals surface area contributed by atoms with Crippen LogP contribution in [0.25, 0.3) is 0 Å². The molecule has 1 aromatic rings. The van der Waals surface area contributed by atoms with E-state index in [0.29, 0.717) is 0 Å². The number of aromatic hydroxyl groups is 1. The number of carbonyl (C=O) groups excluding carboxylic acids is 2. The number of Topliss-reactive ketones (excluding diaryl/α,β-unsaturated/α-hetero) is 1. The van der Waals surface area contributed by atoms with E-state index < -0.39 is 17.5 Å². The number of hydrogen-bond acceptors (Lipinski definition) is 5. The molecule has 0 radical (unpaired) electrons. The van der Waals surface area contributed by atoms with Gasteiger partial charge in [0.2, 0.25) is 0 Å². The second-order valence-corrected chi connectivity index (χ2v) is 4.60. The Labute approximate surface area is 106 Å². The van der Waals surface area contributed by atoms with Gasteiger partial charge in [0.05, 0.1) is 16.2 Å². The van der Waals surface area contributed by atoms with Crippen LogP contribution in [0, 0.1) is 0 Å². The van der Waals surface area contributed by atoms with Gasteiger partial charge >= 0.3 is 5.97 Å². The van der Waals surface area contributed by atoms with E-state index in [9.17, 15) is 19.5 Å². The van der Waals surface area contributed by atoms with Crippen molar-refractivity contribution in [2.45, 2.75) is 0 Å². The highest BCUT2D eigenvalue weighted by molar-refractivity contribution is 8.04. The Morgan fingerprint density at radius 3 is 2.67 bits per heavy atom. The molecule has 0 aromatic heterocycles. The third kappa shape index (κ3) is 2.14. The van der Waals surface area contributed by atoms with Crippen molar-refractivity contribution in [1.29, 1.82) is 0 Å². The molecule has 0 amide bonds. The fourth-order valence-electron chi connectivity index (χ4n) is 1.62. The van der Waals surface area contributed by atoms with Crippen LogP contribution < -0.4 is 0 Å². The zero-order valence-electron chi connectivity index (χ0n) is 9.04. The van der Waals surface area contributed by atoms with E-state index in [-0.39, 0.29) is 27.5 Å². The summed E-state index contributed by atoms with van der Waals surface area (Å²) in [6.07, 6.45) is 1.07. The van der Waals surface area contributed by atoms with E-state index in [4.69, 9.17) is 5.11 Å². The number of rotatable bonds is 3. The van der Waals surface area contributed by atoms with Gasteiger partial charge in [-0.3, -0.25) is 14.4 Å². The van der Waals surface area contributed by atoms with Crippen LogP contribution in [0.2, 0.25) is 0 Å². The van der Waals surface area contributed by atoms with Crippen molar-refractivity contribution in [2.75, 3.05) is 5.75 Å². The Balaban J connectivity index is 2.38. The molecular weight excluding hydrogens is 256 g/mol. The fourth-order valence-corrected chi connectivity index (χ4v) is 2.33. The van der Waals surface area contributed by atoms with Gasteiger partial charge in [-0.2, -0.15) is 0 Å². The number of benzene rings is 1. The second kappa shape index (κ2) is 4.66. The number of carboxylic acid groups (broad SMARTS) is 1. The first-order chi connectivity index (χ1) is 8.50. The van der Waals surface area contributed by atoms with Crippen LogP contribution in [0.15, 0.2) is 29.2 Å². The lowest BCUT2D eigenvalue weighted by molar-refractivity contribution is -0.133. The maximum absolute atomic E-state index is 12.0. The molecule has 0 aliphatic heterocycles. The van der Waals surface area contributed by atoms with Gasteiger partial charge < -0.3 is 10.2 Å². The molecule has 2 rings (SSSR count). The second-order valence-electron chi connectivity index (χ2n) is 3.58. The third-order valence-corrected chi connectivity index (χ3v) is 3.38. The Morgan fingerprint density at radius 2 is 2.00 bits per heavy atom. The molecule has 18 heavy (non-hydrogen) atoms. The van der Waals surface area contributed by atoms with E-state index in [1.165, 1.54) is 18.2 Å². The SMILES string of the molecule is O=C(O)CSC1=CC(=O)c2c(O)cccc2C1=O. The van der Waals surface area contributed by atoms with Crippen LogP contribution in [0.1, 0.15) is 20.7 Å². The van der Waals surface area contributed by atoms with E-state index in [1.807, 2.05) is 0 Å². The van der Waals surface area contributed by atoms with Crippen molar-refractivity contribution in [2.24, 2.45) is 0 Å². The summed E-state index contributed by atoms with van der Waals surface area (Å²) in [5.41, 5.74) is 0.0811. The quantitative estimate of drug-likeness (QED) is 0.859. The normalized spacial score (nSPS) is 14.1. The zero-order chi connectivity index (χ0) is 13.3. The van der Waals surface area contributed by atoms with Crippen molar-refractivity contribution < 1.29 is 24.6 Å². The largest absolute Gasteiger partial charge is 0.507 e. The number of phenols is 1. The molecule has 0 atom stereocenters. The third-order valence-electron chi connectivity index (χ3n) is 2.37. The molecule has 92 valence electrons. The van der Waals surface area contributed by atoms with Crippen molar-refractivity contribution in [3.8, 4) is 5.75 Å². The fraction of sp³-hybridized carbons (Fsp3) is 0.0833. The summed E-state index contributed by atoms with van der Waals surface area (Å²) in [5, 5.41) is 18.1. The smallest absolute Gasteiger partial charge is 0.313 e. The maximum atomic E-state index is 12.0. The summed E-state index contributed by atoms with van der Waals surface area (Å²) in [5.74, 6) is -2.53. The summed E-state index contributed by atoms with van der Waals surface area (Å²) in [4.78, 5) is 34.3. The summed E-state index contributed by atoms with van der Waals surface area (Å²) in [6.45, 7) is 0. The Kier molecular flexibility index (Phi) is 3.20. The topological polar surface area (TPSA) is 91.7 Å². The van der Waals surface area contributed by atoms with Crippen LogP contribution in [0.3, 0.4) is 0 Å². The average molecular weight is 264 g/mol. The average Bonchev–Trinajstić information content (AvgIpc) is 2.31. The van der Waals surface area contributed by atoms with Gasteiger partial charge in [0.25, 0.3) is 0 Å². The number of ketones is 2. The van der Waals surface area contributed by atoms with E-state index >= 15 is 0 Å². The van der Waals surface area contributed by atoms with Gasteiger partial charge in [-0.15, -0.1) is 11.8 Å². The number of carboxylic acids is 1. The van der Waals surface area contributed by atoms with Crippen molar-refractivity contribution in [1.82, 2.24) is 0 Å². The van der Waals surface area contributed by atoms with E-state index in [0.717, 1.165) is 17.8 Å². The highest BCUT2D eigenvalue weighted by Gasteiger charge is 2.28. The molecular formula is C12H8O5S. The summed E-state index contributed by atoms with van der Waals surface area (Å²) in [6, 6.07) is 4.22. The molecule has 6 heteroatoms. The van der Waals surface area contributed by atoms with Gasteiger partial charge in [0, 0.05) is 11.6 Å². The molecule has 1 aromatic carbocycles.